The highest BCUT2D eigenvalue weighted by atomic mass is 32.2. The van der Waals surface area contributed by atoms with Gasteiger partial charge in [-0.05, 0) is 25.5 Å². The third kappa shape index (κ3) is 4.70. The van der Waals surface area contributed by atoms with E-state index in [1.165, 1.54) is 4.90 Å². The lowest BCUT2D eigenvalue weighted by Gasteiger charge is -1.98. The number of carboxylic acid groups (broad SMARTS) is 1. The van der Waals surface area contributed by atoms with Crippen LogP contribution in [0.4, 0.5) is 0 Å². The van der Waals surface area contributed by atoms with Crippen LogP contribution in [-0.4, -0.2) is 16.8 Å². The minimum atomic E-state index is -0.834. The normalized spacial score (nSPS) is 11.4. The first-order chi connectivity index (χ1) is 7.20. The number of hydrogen-bond donors (Lipinski definition) is 1. The second-order valence-electron chi connectivity index (χ2n) is 3.14. The highest BCUT2D eigenvalue weighted by Gasteiger charge is 1.98. The summed E-state index contributed by atoms with van der Waals surface area (Å²) in [7, 11) is 0. The molecule has 80 valence electrons. The lowest BCUT2D eigenvalue weighted by atomic mass is 10.2. The van der Waals surface area contributed by atoms with Crippen LogP contribution in [0, 0.1) is 0 Å². The summed E-state index contributed by atoms with van der Waals surface area (Å²) in [5.74, 6) is 0.0777. The Balaban J connectivity index is 2.29. The molecule has 0 fully saturated rings. The van der Waals surface area contributed by atoms with Crippen LogP contribution >= 0.6 is 11.8 Å². The summed E-state index contributed by atoms with van der Waals surface area (Å²) in [5.41, 5.74) is 0.420. The third-order valence-electron chi connectivity index (χ3n) is 1.92. The molecule has 0 saturated carbocycles. The number of rotatable bonds is 5. The zero-order chi connectivity index (χ0) is 11.1. The summed E-state index contributed by atoms with van der Waals surface area (Å²) >= 11 is 1.74. The van der Waals surface area contributed by atoms with Crippen molar-refractivity contribution in [2.45, 2.75) is 18.2 Å². The number of benzene rings is 1. The Labute approximate surface area is 94.0 Å². The molecule has 15 heavy (non-hydrogen) atoms. The summed E-state index contributed by atoms with van der Waals surface area (Å²) in [6.45, 7) is 1.62. The van der Waals surface area contributed by atoms with Crippen molar-refractivity contribution in [1.82, 2.24) is 0 Å². The van der Waals surface area contributed by atoms with Crippen LogP contribution in [0.1, 0.15) is 13.3 Å². The fourth-order valence-electron chi connectivity index (χ4n) is 1.06. The highest BCUT2D eigenvalue weighted by Crippen LogP contribution is 2.18. The Morgan fingerprint density at radius 3 is 2.67 bits per heavy atom. The van der Waals surface area contributed by atoms with E-state index in [0.717, 1.165) is 12.2 Å². The molecule has 2 nitrogen and oxygen atoms in total. The average molecular weight is 222 g/mol. The molecule has 0 aliphatic rings. The molecule has 0 bridgehead atoms. The Morgan fingerprint density at radius 2 is 2.07 bits per heavy atom. The molecule has 1 aromatic rings. The standard InChI is InChI=1S/C12H14O2S/c1-10(12(13)14)6-5-9-15-11-7-3-2-4-8-11/h2-4,6-8H,5,9H2,1H3,(H,13,14)/b10-6+. The third-order valence-corrected chi connectivity index (χ3v) is 2.96. The van der Waals surface area contributed by atoms with E-state index in [1.54, 1.807) is 24.8 Å². The van der Waals surface area contributed by atoms with Gasteiger partial charge in [-0.15, -0.1) is 11.8 Å². The predicted molar refractivity (Wildman–Crippen MR) is 63.2 cm³/mol. The van der Waals surface area contributed by atoms with Gasteiger partial charge in [0.2, 0.25) is 0 Å². The Hall–Kier alpha value is -1.22. The van der Waals surface area contributed by atoms with Crippen molar-refractivity contribution in [2.24, 2.45) is 0 Å². The number of allylic oxidation sites excluding steroid dienone is 1. The first-order valence-electron chi connectivity index (χ1n) is 4.78. The molecular formula is C12H14O2S. The van der Waals surface area contributed by atoms with Gasteiger partial charge in [-0.25, -0.2) is 4.79 Å². The molecule has 1 aromatic carbocycles. The van der Waals surface area contributed by atoms with Gasteiger partial charge in [0.1, 0.15) is 0 Å². The van der Waals surface area contributed by atoms with E-state index in [1.807, 2.05) is 18.2 Å². The summed E-state index contributed by atoms with van der Waals surface area (Å²) in [5, 5.41) is 8.62. The van der Waals surface area contributed by atoms with Crippen LogP contribution in [0.2, 0.25) is 0 Å². The zero-order valence-electron chi connectivity index (χ0n) is 8.64. The molecule has 0 saturated heterocycles. The maximum absolute atomic E-state index is 10.5. The number of carbonyl (C=O) groups is 1. The summed E-state index contributed by atoms with van der Waals surface area (Å²) in [6, 6.07) is 10.1. The van der Waals surface area contributed by atoms with Gasteiger partial charge in [0.05, 0.1) is 0 Å². The van der Waals surface area contributed by atoms with E-state index in [-0.39, 0.29) is 0 Å². The molecule has 0 aliphatic heterocycles. The van der Waals surface area contributed by atoms with E-state index in [4.69, 9.17) is 5.11 Å². The maximum atomic E-state index is 10.5. The van der Waals surface area contributed by atoms with Crippen molar-refractivity contribution >= 4 is 17.7 Å². The van der Waals surface area contributed by atoms with E-state index >= 15 is 0 Å². The molecule has 0 radical (unpaired) electrons. The van der Waals surface area contributed by atoms with Crippen molar-refractivity contribution < 1.29 is 9.90 Å². The molecule has 0 spiro atoms. The Kier molecular flexibility index (Phi) is 4.98. The van der Waals surface area contributed by atoms with Crippen LogP contribution < -0.4 is 0 Å². The number of aliphatic carboxylic acids is 1. The molecular weight excluding hydrogens is 208 g/mol. The van der Waals surface area contributed by atoms with Gasteiger partial charge >= 0.3 is 5.97 Å². The molecule has 1 rings (SSSR count). The molecule has 0 heterocycles. The molecule has 1 N–H and O–H groups in total. The molecule has 0 aliphatic carbocycles. The summed E-state index contributed by atoms with van der Waals surface area (Å²) in [4.78, 5) is 11.7. The molecule has 0 amide bonds. The second-order valence-corrected chi connectivity index (χ2v) is 4.31. The van der Waals surface area contributed by atoms with Crippen LogP contribution in [-0.2, 0) is 4.79 Å². The predicted octanol–water partition coefficient (Wildman–Crippen LogP) is 3.20. The van der Waals surface area contributed by atoms with Crippen molar-refractivity contribution in [3.63, 3.8) is 0 Å². The van der Waals surface area contributed by atoms with Crippen LogP contribution in [0.15, 0.2) is 46.9 Å². The highest BCUT2D eigenvalue weighted by molar-refractivity contribution is 7.99. The fraction of sp³-hybridized carbons (Fsp3) is 0.250. The van der Waals surface area contributed by atoms with Crippen molar-refractivity contribution in [3.8, 4) is 0 Å². The summed E-state index contributed by atoms with van der Waals surface area (Å²) in [6.07, 6.45) is 2.55. The van der Waals surface area contributed by atoms with Gasteiger partial charge in [-0.1, -0.05) is 24.3 Å². The quantitative estimate of drug-likeness (QED) is 0.472. The van der Waals surface area contributed by atoms with Crippen molar-refractivity contribution in [1.29, 1.82) is 0 Å². The van der Waals surface area contributed by atoms with E-state index in [0.29, 0.717) is 5.57 Å². The SMILES string of the molecule is C/C(=C\CCSc1ccccc1)C(=O)O. The topological polar surface area (TPSA) is 37.3 Å². The molecule has 0 atom stereocenters. The minimum Gasteiger partial charge on any atom is -0.478 e. The van der Waals surface area contributed by atoms with Crippen molar-refractivity contribution in [3.05, 3.63) is 42.0 Å². The molecule has 0 unspecified atom stereocenters. The number of carboxylic acids is 1. The van der Waals surface area contributed by atoms with Gasteiger partial charge in [0, 0.05) is 16.2 Å². The first-order valence-corrected chi connectivity index (χ1v) is 5.76. The Morgan fingerprint density at radius 1 is 1.40 bits per heavy atom. The first kappa shape index (κ1) is 11.9. The minimum absolute atomic E-state index is 0.420. The van der Waals surface area contributed by atoms with E-state index in [9.17, 15) is 4.79 Å². The van der Waals surface area contributed by atoms with Crippen LogP contribution in [0.5, 0.6) is 0 Å². The van der Waals surface area contributed by atoms with Gasteiger partial charge in [-0.2, -0.15) is 0 Å². The van der Waals surface area contributed by atoms with Crippen LogP contribution in [0.3, 0.4) is 0 Å². The smallest absolute Gasteiger partial charge is 0.330 e. The van der Waals surface area contributed by atoms with Crippen molar-refractivity contribution in [2.75, 3.05) is 5.75 Å². The van der Waals surface area contributed by atoms with Gasteiger partial charge in [0.25, 0.3) is 0 Å². The monoisotopic (exact) mass is 222 g/mol. The fourth-order valence-corrected chi connectivity index (χ4v) is 1.88. The van der Waals surface area contributed by atoms with E-state index in [2.05, 4.69) is 12.1 Å². The number of thioether (sulfide) groups is 1. The zero-order valence-corrected chi connectivity index (χ0v) is 9.46. The second kappa shape index (κ2) is 6.30. The average Bonchev–Trinajstić information content (AvgIpc) is 2.25. The lowest BCUT2D eigenvalue weighted by Crippen LogP contribution is -1.95. The molecule has 0 aromatic heterocycles. The van der Waals surface area contributed by atoms with Gasteiger partial charge < -0.3 is 5.11 Å². The lowest BCUT2D eigenvalue weighted by molar-refractivity contribution is -0.132. The summed E-state index contributed by atoms with van der Waals surface area (Å²) < 4.78 is 0. The molecule has 3 heteroatoms. The Bertz CT molecular complexity index is 344. The number of hydrogen-bond acceptors (Lipinski definition) is 2. The van der Waals surface area contributed by atoms with E-state index < -0.39 is 5.97 Å². The van der Waals surface area contributed by atoms with Gasteiger partial charge in [0.15, 0.2) is 0 Å². The largest absolute Gasteiger partial charge is 0.478 e. The van der Waals surface area contributed by atoms with Crippen LogP contribution in [0.25, 0.3) is 0 Å². The van der Waals surface area contributed by atoms with Gasteiger partial charge in [-0.3, -0.25) is 0 Å². The maximum Gasteiger partial charge on any atom is 0.330 e.